The lowest BCUT2D eigenvalue weighted by atomic mass is 10.1. The molecule has 1 saturated heterocycles. The Morgan fingerprint density at radius 1 is 1.09 bits per heavy atom. The summed E-state index contributed by atoms with van der Waals surface area (Å²) in [5, 5.41) is 0. The standard InChI is InChI=1S/C26H26FN3O3/c27-21-12-10-18(11-13-21)4-1-9-25(31)30-14-15-33-24(17-30)23-8-3-7-22(29-23)19-5-2-6-20(16-19)26(28)32/h2-3,5-8,10-13,16,24H,1,4,9,14-15,17H2,(H2,28,32)/t24-/m1/s1. The highest BCUT2D eigenvalue weighted by Gasteiger charge is 2.26. The van der Waals surface area contributed by atoms with Crippen LogP contribution < -0.4 is 5.73 Å². The van der Waals surface area contributed by atoms with Crippen molar-refractivity contribution in [1.29, 1.82) is 0 Å². The van der Waals surface area contributed by atoms with Gasteiger partial charge >= 0.3 is 0 Å². The van der Waals surface area contributed by atoms with E-state index in [1.807, 2.05) is 29.2 Å². The topological polar surface area (TPSA) is 85.5 Å². The first-order valence-corrected chi connectivity index (χ1v) is 11.0. The van der Waals surface area contributed by atoms with E-state index in [0.29, 0.717) is 43.8 Å². The fourth-order valence-corrected chi connectivity index (χ4v) is 3.93. The molecule has 0 saturated carbocycles. The monoisotopic (exact) mass is 447 g/mol. The Labute approximate surface area is 192 Å². The second kappa shape index (κ2) is 10.4. The number of hydrogen-bond acceptors (Lipinski definition) is 4. The van der Waals surface area contributed by atoms with Crippen molar-refractivity contribution < 1.29 is 18.7 Å². The summed E-state index contributed by atoms with van der Waals surface area (Å²) in [7, 11) is 0. The van der Waals surface area contributed by atoms with Crippen molar-refractivity contribution >= 4 is 11.8 Å². The maximum atomic E-state index is 13.0. The molecular formula is C26H26FN3O3. The molecule has 0 unspecified atom stereocenters. The van der Waals surface area contributed by atoms with E-state index >= 15 is 0 Å². The summed E-state index contributed by atoms with van der Waals surface area (Å²) in [6, 6.07) is 19.0. The van der Waals surface area contributed by atoms with Gasteiger partial charge in [0.25, 0.3) is 0 Å². The number of carbonyl (C=O) groups is 2. The summed E-state index contributed by atoms with van der Waals surface area (Å²) in [6.07, 6.45) is 1.54. The highest BCUT2D eigenvalue weighted by atomic mass is 19.1. The Kier molecular flexibility index (Phi) is 7.10. The van der Waals surface area contributed by atoms with Gasteiger partial charge in [0.15, 0.2) is 0 Å². The number of nitrogens with zero attached hydrogens (tertiary/aromatic N) is 2. The number of hydrogen-bond donors (Lipinski definition) is 1. The van der Waals surface area contributed by atoms with Gasteiger partial charge in [-0.3, -0.25) is 9.59 Å². The van der Waals surface area contributed by atoms with Gasteiger partial charge in [0.1, 0.15) is 11.9 Å². The lowest BCUT2D eigenvalue weighted by Gasteiger charge is -2.33. The molecule has 0 radical (unpaired) electrons. The van der Waals surface area contributed by atoms with Crippen LogP contribution in [0.25, 0.3) is 11.3 Å². The molecule has 1 aliphatic rings. The number of nitrogens with two attached hydrogens (primary N) is 1. The van der Waals surface area contributed by atoms with E-state index in [9.17, 15) is 14.0 Å². The van der Waals surface area contributed by atoms with Gasteiger partial charge in [0, 0.05) is 24.1 Å². The number of aromatic nitrogens is 1. The summed E-state index contributed by atoms with van der Waals surface area (Å²) >= 11 is 0. The summed E-state index contributed by atoms with van der Waals surface area (Å²) in [4.78, 5) is 30.8. The third kappa shape index (κ3) is 5.81. The number of aryl methyl sites for hydroxylation is 1. The quantitative estimate of drug-likeness (QED) is 0.595. The highest BCUT2D eigenvalue weighted by Crippen LogP contribution is 2.25. The molecule has 2 amide bonds. The zero-order chi connectivity index (χ0) is 23.2. The molecular weight excluding hydrogens is 421 g/mol. The molecule has 1 aliphatic heterocycles. The van der Waals surface area contributed by atoms with Crippen LogP contribution in [-0.4, -0.2) is 41.4 Å². The molecule has 0 aliphatic carbocycles. The first-order chi connectivity index (χ1) is 16.0. The lowest BCUT2D eigenvalue weighted by Crippen LogP contribution is -2.42. The number of primary amides is 1. The average Bonchev–Trinajstić information content (AvgIpc) is 2.85. The average molecular weight is 448 g/mol. The predicted molar refractivity (Wildman–Crippen MR) is 123 cm³/mol. The van der Waals surface area contributed by atoms with E-state index in [-0.39, 0.29) is 17.8 Å². The molecule has 2 aromatic carbocycles. The maximum absolute atomic E-state index is 13.0. The Balaban J connectivity index is 1.38. The second-order valence-corrected chi connectivity index (χ2v) is 8.07. The van der Waals surface area contributed by atoms with Crippen LogP contribution in [0.4, 0.5) is 4.39 Å². The van der Waals surface area contributed by atoms with Gasteiger partial charge in [-0.05, 0) is 54.8 Å². The fourth-order valence-electron chi connectivity index (χ4n) is 3.93. The molecule has 170 valence electrons. The third-order valence-electron chi connectivity index (χ3n) is 5.73. The first kappa shape index (κ1) is 22.6. The van der Waals surface area contributed by atoms with Crippen LogP contribution in [0.3, 0.4) is 0 Å². The predicted octanol–water partition coefficient (Wildman–Crippen LogP) is 3.91. The summed E-state index contributed by atoms with van der Waals surface area (Å²) < 4.78 is 18.9. The molecule has 3 aromatic rings. The van der Waals surface area contributed by atoms with Crippen LogP contribution in [0.15, 0.2) is 66.7 Å². The van der Waals surface area contributed by atoms with Gasteiger partial charge in [0.2, 0.25) is 11.8 Å². The van der Waals surface area contributed by atoms with Gasteiger partial charge < -0.3 is 15.4 Å². The normalized spacial score (nSPS) is 15.9. The molecule has 2 N–H and O–H groups in total. The van der Waals surface area contributed by atoms with E-state index in [1.165, 1.54) is 12.1 Å². The Morgan fingerprint density at radius 2 is 1.88 bits per heavy atom. The van der Waals surface area contributed by atoms with Gasteiger partial charge in [-0.15, -0.1) is 0 Å². The van der Waals surface area contributed by atoms with Crippen molar-refractivity contribution in [3.8, 4) is 11.3 Å². The van der Waals surface area contributed by atoms with E-state index < -0.39 is 5.91 Å². The molecule has 1 aromatic heterocycles. The number of halogens is 1. The number of ether oxygens (including phenoxy) is 1. The summed E-state index contributed by atoms with van der Waals surface area (Å²) in [5.74, 6) is -0.666. The number of pyridine rings is 1. The van der Waals surface area contributed by atoms with Crippen molar-refractivity contribution in [2.45, 2.75) is 25.4 Å². The van der Waals surface area contributed by atoms with Gasteiger partial charge in [-0.1, -0.05) is 30.3 Å². The number of carbonyl (C=O) groups excluding carboxylic acids is 2. The molecule has 33 heavy (non-hydrogen) atoms. The highest BCUT2D eigenvalue weighted by molar-refractivity contribution is 5.94. The maximum Gasteiger partial charge on any atom is 0.248 e. The van der Waals surface area contributed by atoms with E-state index in [2.05, 4.69) is 0 Å². The van der Waals surface area contributed by atoms with Crippen molar-refractivity contribution in [3.05, 3.63) is 89.4 Å². The molecule has 2 heterocycles. The number of morpholine rings is 1. The minimum atomic E-state index is -0.489. The summed E-state index contributed by atoms with van der Waals surface area (Å²) in [5.41, 5.74) is 9.07. The van der Waals surface area contributed by atoms with Crippen molar-refractivity contribution in [2.24, 2.45) is 5.73 Å². The largest absolute Gasteiger partial charge is 0.368 e. The molecule has 0 bridgehead atoms. The zero-order valence-corrected chi connectivity index (χ0v) is 18.2. The van der Waals surface area contributed by atoms with Crippen LogP contribution in [0.1, 0.15) is 40.6 Å². The van der Waals surface area contributed by atoms with Crippen LogP contribution in [0.2, 0.25) is 0 Å². The van der Waals surface area contributed by atoms with E-state index in [1.54, 1.807) is 30.3 Å². The van der Waals surface area contributed by atoms with Crippen molar-refractivity contribution in [1.82, 2.24) is 9.88 Å². The van der Waals surface area contributed by atoms with Crippen LogP contribution in [-0.2, 0) is 16.0 Å². The minimum absolute atomic E-state index is 0.0794. The first-order valence-electron chi connectivity index (χ1n) is 11.0. The SMILES string of the molecule is NC(=O)c1cccc(-c2cccc([C@H]3CN(C(=O)CCCc4ccc(F)cc4)CCO3)n2)c1. The Hall–Kier alpha value is -3.58. The molecule has 6 nitrogen and oxygen atoms in total. The fraction of sp³-hybridized carbons (Fsp3) is 0.269. The van der Waals surface area contributed by atoms with Gasteiger partial charge in [0.05, 0.1) is 24.5 Å². The van der Waals surface area contributed by atoms with Gasteiger partial charge in [-0.25, -0.2) is 9.37 Å². The molecule has 1 fully saturated rings. The van der Waals surface area contributed by atoms with E-state index in [0.717, 1.165) is 23.2 Å². The second-order valence-electron chi connectivity index (χ2n) is 8.07. The zero-order valence-electron chi connectivity index (χ0n) is 18.2. The Morgan fingerprint density at radius 3 is 2.67 bits per heavy atom. The molecule has 0 spiro atoms. The third-order valence-corrected chi connectivity index (χ3v) is 5.73. The molecule has 7 heteroatoms. The molecule has 4 rings (SSSR count). The smallest absolute Gasteiger partial charge is 0.248 e. The van der Waals surface area contributed by atoms with Crippen molar-refractivity contribution in [2.75, 3.05) is 19.7 Å². The van der Waals surface area contributed by atoms with Crippen LogP contribution in [0.5, 0.6) is 0 Å². The van der Waals surface area contributed by atoms with E-state index in [4.69, 9.17) is 15.5 Å². The van der Waals surface area contributed by atoms with Crippen LogP contribution >= 0.6 is 0 Å². The molecule has 1 atom stereocenters. The van der Waals surface area contributed by atoms with Gasteiger partial charge in [-0.2, -0.15) is 0 Å². The lowest BCUT2D eigenvalue weighted by molar-refractivity contribution is -0.139. The summed E-state index contributed by atoms with van der Waals surface area (Å²) in [6.45, 7) is 1.43. The Bertz CT molecular complexity index is 1130. The van der Waals surface area contributed by atoms with Crippen LogP contribution in [0, 0.1) is 5.82 Å². The van der Waals surface area contributed by atoms with Crippen molar-refractivity contribution in [3.63, 3.8) is 0 Å². The number of benzene rings is 2. The number of amides is 2. The minimum Gasteiger partial charge on any atom is -0.368 e. The number of rotatable bonds is 7.